The number of rotatable bonds is 4. The third kappa shape index (κ3) is 2.90. The molecule has 1 saturated carbocycles. The number of aryl methyl sites for hydroxylation is 1. The Hall–Kier alpha value is -1.28. The van der Waals surface area contributed by atoms with E-state index in [-0.39, 0.29) is 0 Å². The fourth-order valence-corrected chi connectivity index (χ4v) is 3.50. The minimum Gasteiger partial charge on any atom is -0.346 e. The highest BCUT2D eigenvalue weighted by Crippen LogP contribution is 2.23. The molecule has 2 heteroatoms. The van der Waals surface area contributed by atoms with Crippen molar-refractivity contribution < 1.29 is 0 Å². The first-order valence-corrected chi connectivity index (χ1v) is 8.03. The van der Waals surface area contributed by atoms with Crippen LogP contribution in [0.5, 0.6) is 0 Å². The van der Waals surface area contributed by atoms with E-state index in [1.165, 1.54) is 42.1 Å². The maximum atomic E-state index is 3.76. The Kier molecular flexibility index (Phi) is 4.11. The van der Waals surface area contributed by atoms with Gasteiger partial charge in [0.05, 0.1) is 0 Å². The number of hydrogen-bond acceptors (Lipinski definition) is 1. The van der Waals surface area contributed by atoms with Gasteiger partial charge in [0, 0.05) is 30.8 Å². The first-order valence-electron chi connectivity index (χ1n) is 8.03. The van der Waals surface area contributed by atoms with Gasteiger partial charge in [0.15, 0.2) is 0 Å². The molecule has 3 rings (SSSR count). The van der Waals surface area contributed by atoms with Gasteiger partial charge in [0.1, 0.15) is 0 Å². The van der Waals surface area contributed by atoms with Gasteiger partial charge in [-0.2, -0.15) is 0 Å². The van der Waals surface area contributed by atoms with Gasteiger partial charge in [-0.25, -0.2) is 0 Å². The van der Waals surface area contributed by atoms with Crippen LogP contribution >= 0.6 is 0 Å². The lowest BCUT2D eigenvalue weighted by atomic mass is 9.86. The maximum Gasteiger partial charge on any atom is 0.0480 e. The summed E-state index contributed by atoms with van der Waals surface area (Å²) in [6.45, 7) is 6.69. The van der Waals surface area contributed by atoms with E-state index in [4.69, 9.17) is 0 Å². The van der Waals surface area contributed by atoms with Crippen LogP contribution in [0, 0.1) is 12.8 Å². The Morgan fingerprint density at radius 2 is 2.05 bits per heavy atom. The lowest BCUT2D eigenvalue weighted by Crippen LogP contribution is -2.38. The van der Waals surface area contributed by atoms with E-state index >= 15 is 0 Å². The molecular formula is C18H26N2. The van der Waals surface area contributed by atoms with Crippen LogP contribution in [0.25, 0.3) is 10.9 Å². The summed E-state index contributed by atoms with van der Waals surface area (Å²) in [6.07, 6.45) is 7.78. The average molecular weight is 270 g/mol. The van der Waals surface area contributed by atoms with E-state index in [0.717, 1.165) is 25.0 Å². The van der Waals surface area contributed by atoms with Crippen molar-refractivity contribution in [1.82, 2.24) is 9.88 Å². The Morgan fingerprint density at radius 3 is 2.90 bits per heavy atom. The number of nitrogens with zero attached hydrogens (tertiary/aromatic N) is 1. The van der Waals surface area contributed by atoms with Crippen LogP contribution in [-0.2, 0) is 6.54 Å². The smallest absolute Gasteiger partial charge is 0.0480 e. The zero-order chi connectivity index (χ0) is 13.9. The monoisotopic (exact) mass is 270 g/mol. The number of hydrogen-bond donors (Lipinski definition) is 1. The van der Waals surface area contributed by atoms with Gasteiger partial charge in [-0.15, -0.1) is 0 Å². The zero-order valence-electron chi connectivity index (χ0n) is 12.7. The molecule has 1 N–H and O–H groups in total. The van der Waals surface area contributed by atoms with E-state index in [1.54, 1.807) is 0 Å². The molecule has 2 aromatic rings. The number of nitrogens with one attached hydrogen (secondary N) is 1. The van der Waals surface area contributed by atoms with Crippen molar-refractivity contribution in [1.29, 1.82) is 0 Å². The van der Waals surface area contributed by atoms with E-state index in [2.05, 4.69) is 54.2 Å². The molecule has 1 aromatic carbocycles. The van der Waals surface area contributed by atoms with Crippen LogP contribution in [0.15, 0.2) is 30.5 Å². The molecule has 0 saturated heterocycles. The van der Waals surface area contributed by atoms with Crippen molar-refractivity contribution in [3.05, 3.63) is 36.0 Å². The fraction of sp³-hybridized carbons (Fsp3) is 0.556. The molecule has 1 aromatic heterocycles. The highest BCUT2D eigenvalue weighted by Gasteiger charge is 2.20. The zero-order valence-corrected chi connectivity index (χ0v) is 12.7. The van der Waals surface area contributed by atoms with Crippen molar-refractivity contribution in [3.63, 3.8) is 0 Å². The van der Waals surface area contributed by atoms with Crippen LogP contribution in [0.2, 0.25) is 0 Å². The summed E-state index contributed by atoms with van der Waals surface area (Å²) in [5, 5.41) is 5.12. The van der Waals surface area contributed by atoms with Crippen molar-refractivity contribution in [3.8, 4) is 0 Å². The Labute approximate surface area is 122 Å². The van der Waals surface area contributed by atoms with Gasteiger partial charge >= 0.3 is 0 Å². The molecule has 0 radical (unpaired) electrons. The minimum absolute atomic E-state index is 0.729. The van der Waals surface area contributed by atoms with Crippen molar-refractivity contribution in [2.75, 3.05) is 6.54 Å². The maximum absolute atomic E-state index is 3.76. The lowest BCUT2D eigenvalue weighted by Gasteiger charge is -2.29. The molecule has 2 nitrogen and oxygen atoms in total. The third-order valence-electron chi connectivity index (χ3n) is 4.80. The van der Waals surface area contributed by atoms with Gasteiger partial charge < -0.3 is 9.88 Å². The van der Waals surface area contributed by atoms with Crippen LogP contribution in [0.1, 0.15) is 38.2 Å². The van der Waals surface area contributed by atoms with Crippen molar-refractivity contribution >= 4 is 10.9 Å². The number of benzene rings is 1. The van der Waals surface area contributed by atoms with E-state index < -0.39 is 0 Å². The van der Waals surface area contributed by atoms with Crippen LogP contribution in [0.3, 0.4) is 0 Å². The Morgan fingerprint density at radius 1 is 1.20 bits per heavy atom. The largest absolute Gasteiger partial charge is 0.346 e. The van der Waals surface area contributed by atoms with E-state index in [9.17, 15) is 0 Å². The third-order valence-corrected chi connectivity index (χ3v) is 4.80. The SMILES string of the molecule is Cc1ccc2c(ccn2CCNC2CCCCC2C)c1. The molecule has 2 unspecified atom stereocenters. The highest BCUT2D eigenvalue weighted by molar-refractivity contribution is 5.80. The van der Waals surface area contributed by atoms with Crippen molar-refractivity contribution in [2.24, 2.45) is 5.92 Å². The first kappa shape index (κ1) is 13.7. The van der Waals surface area contributed by atoms with Crippen LogP contribution < -0.4 is 5.32 Å². The summed E-state index contributed by atoms with van der Waals surface area (Å²) in [5.41, 5.74) is 2.69. The molecule has 0 aliphatic heterocycles. The summed E-state index contributed by atoms with van der Waals surface area (Å²) in [6, 6.07) is 9.67. The minimum atomic E-state index is 0.729. The quantitative estimate of drug-likeness (QED) is 0.884. The normalized spacial score (nSPS) is 23.3. The van der Waals surface area contributed by atoms with Gasteiger partial charge in [-0.3, -0.25) is 0 Å². The fourth-order valence-electron chi connectivity index (χ4n) is 3.50. The molecule has 1 heterocycles. The molecule has 1 fully saturated rings. The summed E-state index contributed by atoms with van der Waals surface area (Å²) < 4.78 is 2.37. The molecule has 0 amide bonds. The second-order valence-corrected chi connectivity index (χ2v) is 6.39. The summed E-state index contributed by atoms with van der Waals surface area (Å²) in [7, 11) is 0. The second-order valence-electron chi connectivity index (χ2n) is 6.39. The van der Waals surface area contributed by atoms with E-state index in [1.807, 2.05) is 0 Å². The average Bonchev–Trinajstić information content (AvgIpc) is 2.83. The second kappa shape index (κ2) is 6.01. The predicted molar refractivity (Wildman–Crippen MR) is 86.1 cm³/mol. The molecule has 1 aliphatic rings. The van der Waals surface area contributed by atoms with E-state index in [0.29, 0.717) is 0 Å². The molecular weight excluding hydrogens is 244 g/mol. The van der Waals surface area contributed by atoms with Crippen molar-refractivity contribution in [2.45, 2.75) is 52.1 Å². The summed E-state index contributed by atoms with van der Waals surface area (Å²) >= 11 is 0. The Bertz CT molecular complexity index is 570. The van der Waals surface area contributed by atoms with Crippen LogP contribution in [0.4, 0.5) is 0 Å². The lowest BCUT2D eigenvalue weighted by molar-refractivity contribution is 0.279. The highest BCUT2D eigenvalue weighted by atomic mass is 15.0. The predicted octanol–water partition coefficient (Wildman–Crippen LogP) is 4.12. The molecule has 1 aliphatic carbocycles. The molecule has 2 atom stereocenters. The van der Waals surface area contributed by atoms with Gasteiger partial charge in [-0.05, 0) is 49.3 Å². The standard InChI is InChI=1S/C18H26N2/c1-14-7-8-18-16(13-14)9-11-20(18)12-10-19-17-6-4-3-5-15(17)2/h7-9,11,13,15,17,19H,3-6,10,12H2,1-2H3. The summed E-state index contributed by atoms with van der Waals surface area (Å²) in [5.74, 6) is 0.841. The molecule has 108 valence electrons. The molecule has 0 spiro atoms. The molecule has 20 heavy (non-hydrogen) atoms. The topological polar surface area (TPSA) is 17.0 Å². The van der Waals surface area contributed by atoms with Crippen LogP contribution in [-0.4, -0.2) is 17.2 Å². The van der Waals surface area contributed by atoms with Gasteiger partial charge in [-0.1, -0.05) is 31.4 Å². The number of fused-ring (bicyclic) bond motifs is 1. The summed E-state index contributed by atoms with van der Waals surface area (Å²) in [4.78, 5) is 0. The van der Waals surface area contributed by atoms with Gasteiger partial charge in [0.25, 0.3) is 0 Å². The number of aromatic nitrogens is 1. The Balaban J connectivity index is 1.59. The first-order chi connectivity index (χ1) is 9.74. The molecule has 0 bridgehead atoms. The van der Waals surface area contributed by atoms with Gasteiger partial charge in [0.2, 0.25) is 0 Å².